The van der Waals surface area contributed by atoms with E-state index in [9.17, 15) is 0 Å². The fourth-order valence-electron chi connectivity index (χ4n) is 3.34. The van der Waals surface area contributed by atoms with E-state index in [-0.39, 0.29) is 0 Å². The zero-order chi connectivity index (χ0) is 19.3. The van der Waals surface area contributed by atoms with E-state index in [0.717, 1.165) is 35.8 Å². The van der Waals surface area contributed by atoms with Gasteiger partial charge in [-0.25, -0.2) is 0 Å². The van der Waals surface area contributed by atoms with Crippen molar-refractivity contribution in [2.45, 2.75) is 13.3 Å². The molecule has 5 nitrogen and oxygen atoms in total. The molecule has 1 aliphatic heterocycles. The van der Waals surface area contributed by atoms with Crippen molar-refractivity contribution in [2.24, 2.45) is 5.10 Å². The van der Waals surface area contributed by atoms with Crippen LogP contribution in [0.4, 0.5) is 5.69 Å². The third kappa shape index (κ3) is 3.83. The lowest BCUT2D eigenvalue weighted by atomic mass is 10.1. The number of hydrazone groups is 1. The first kappa shape index (κ1) is 18.0. The molecule has 0 fully saturated rings. The normalized spacial score (nSPS) is 13.6. The maximum absolute atomic E-state index is 5.59. The van der Waals surface area contributed by atoms with E-state index in [1.54, 1.807) is 7.11 Å². The maximum atomic E-state index is 5.59. The van der Waals surface area contributed by atoms with Gasteiger partial charge in [0.15, 0.2) is 5.84 Å². The van der Waals surface area contributed by atoms with Crippen LogP contribution in [0.3, 0.4) is 0 Å². The first-order valence-corrected chi connectivity index (χ1v) is 9.44. The van der Waals surface area contributed by atoms with Crippen molar-refractivity contribution < 1.29 is 4.74 Å². The van der Waals surface area contributed by atoms with Crippen molar-refractivity contribution in [3.8, 4) is 5.75 Å². The summed E-state index contributed by atoms with van der Waals surface area (Å²) in [6, 6.07) is 20.7. The molecule has 28 heavy (non-hydrogen) atoms. The highest BCUT2D eigenvalue weighted by Crippen LogP contribution is 2.28. The second kappa shape index (κ2) is 8.13. The second-order valence-corrected chi connectivity index (χ2v) is 6.86. The number of anilines is 1. The van der Waals surface area contributed by atoms with Crippen LogP contribution in [0, 0.1) is 6.92 Å². The van der Waals surface area contributed by atoms with Gasteiger partial charge in [-0.3, -0.25) is 9.99 Å². The van der Waals surface area contributed by atoms with Gasteiger partial charge >= 0.3 is 0 Å². The molecule has 0 radical (unpaired) electrons. The van der Waals surface area contributed by atoms with Crippen molar-refractivity contribution in [3.63, 3.8) is 0 Å². The van der Waals surface area contributed by atoms with Crippen molar-refractivity contribution in [1.82, 2.24) is 9.99 Å². The molecule has 0 N–H and O–H groups in total. The Morgan fingerprint density at radius 2 is 1.71 bits per heavy atom. The van der Waals surface area contributed by atoms with Crippen LogP contribution in [0.2, 0.25) is 0 Å². The highest BCUT2D eigenvalue weighted by atomic mass is 16.5. The minimum atomic E-state index is 0.710. The van der Waals surface area contributed by atoms with Gasteiger partial charge in [-0.05, 0) is 55.3 Å². The summed E-state index contributed by atoms with van der Waals surface area (Å²) in [7, 11) is 1.70. The molecule has 142 valence electrons. The molecule has 0 aliphatic carbocycles. The predicted molar refractivity (Wildman–Crippen MR) is 113 cm³/mol. The number of methoxy groups -OCH3 is 1. The number of aromatic nitrogens is 1. The van der Waals surface area contributed by atoms with E-state index in [4.69, 9.17) is 9.84 Å². The third-order valence-corrected chi connectivity index (χ3v) is 4.90. The summed E-state index contributed by atoms with van der Waals surface area (Å²) in [4.78, 5) is 6.33. The molecule has 0 atom stereocenters. The molecule has 4 rings (SSSR count). The van der Waals surface area contributed by atoms with Gasteiger partial charge in [0.05, 0.1) is 12.7 Å². The Labute approximate surface area is 165 Å². The maximum Gasteiger partial charge on any atom is 0.165 e. The van der Waals surface area contributed by atoms with Crippen molar-refractivity contribution in [1.29, 1.82) is 0 Å². The fraction of sp³-hybridized carbons (Fsp3) is 0.217. The Balaban J connectivity index is 1.63. The van der Waals surface area contributed by atoms with Gasteiger partial charge in [0.25, 0.3) is 0 Å². The van der Waals surface area contributed by atoms with E-state index in [1.165, 1.54) is 11.1 Å². The molecule has 1 aromatic heterocycles. The molecule has 0 saturated carbocycles. The molecule has 0 amide bonds. The van der Waals surface area contributed by atoms with Gasteiger partial charge in [0.2, 0.25) is 0 Å². The van der Waals surface area contributed by atoms with Crippen LogP contribution >= 0.6 is 0 Å². The lowest BCUT2D eigenvalue weighted by Crippen LogP contribution is -2.32. The lowest BCUT2D eigenvalue weighted by molar-refractivity contribution is 0.322. The minimum absolute atomic E-state index is 0.710. The van der Waals surface area contributed by atoms with Crippen LogP contribution in [0.5, 0.6) is 5.75 Å². The van der Waals surface area contributed by atoms with Gasteiger partial charge in [-0.2, -0.15) is 5.10 Å². The zero-order valence-corrected chi connectivity index (χ0v) is 16.2. The molecule has 0 saturated heterocycles. The van der Waals surface area contributed by atoms with E-state index < -0.39 is 0 Å². The summed E-state index contributed by atoms with van der Waals surface area (Å²) < 4.78 is 5.59. The molecule has 3 aromatic rings. The number of hydrogen-bond donors (Lipinski definition) is 0. The largest absolute Gasteiger partial charge is 0.496 e. The third-order valence-electron chi connectivity index (χ3n) is 4.90. The summed E-state index contributed by atoms with van der Waals surface area (Å²) >= 11 is 0. The van der Waals surface area contributed by atoms with Crippen molar-refractivity contribution in [2.75, 3.05) is 25.2 Å². The molecular formula is C23H24N4O. The Bertz CT molecular complexity index is 954. The minimum Gasteiger partial charge on any atom is -0.496 e. The molecule has 2 aromatic carbocycles. The van der Waals surface area contributed by atoms with Gasteiger partial charge in [-0.1, -0.05) is 29.8 Å². The number of aryl methyl sites for hydroxylation is 1. The standard InChI is InChI=1S/C23H24N4O/c1-18-7-9-20(10-8-18)27-17-26(16-13-19-11-14-24-15-12-19)25-23(27)21-5-3-4-6-22(21)28-2/h3-12,14-15H,13,16-17H2,1-2H3. The van der Waals surface area contributed by atoms with Crippen LogP contribution in [-0.2, 0) is 6.42 Å². The SMILES string of the molecule is COc1ccccc1C1=NN(CCc2ccncc2)CN1c1ccc(C)cc1. The Morgan fingerprint density at radius 1 is 0.964 bits per heavy atom. The molecule has 0 bridgehead atoms. The fourth-order valence-corrected chi connectivity index (χ4v) is 3.34. The second-order valence-electron chi connectivity index (χ2n) is 6.86. The van der Waals surface area contributed by atoms with Crippen LogP contribution in [-0.4, -0.2) is 36.2 Å². The first-order chi connectivity index (χ1) is 13.7. The molecule has 0 spiro atoms. The predicted octanol–water partition coefficient (Wildman–Crippen LogP) is 4.08. The van der Waals surface area contributed by atoms with E-state index >= 15 is 0 Å². The summed E-state index contributed by atoms with van der Waals surface area (Å²) in [5.74, 6) is 1.74. The summed E-state index contributed by atoms with van der Waals surface area (Å²) in [6.45, 7) is 3.65. The molecule has 1 aliphatic rings. The number of rotatable bonds is 6. The summed E-state index contributed by atoms with van der Waals surface area (Å²) in [5, 5.41) is 7.06. The van der Waals surface area contributed by atoms with Gasteiger partial charge in [0, 0.05) is 24.6 Å². The number of para-hydroxylation sites is 1. The van der Waals surface area contributed by atoms with Gasteiger partial charge in [0.1, 0.15) is 12.4 Å². The van der Waals surface area contributed by atoms with Crippen LogP contribution < -0.4 is 9.64 Å². The van der Waals surface area contributed by atoms with E-state index in [1.807, 2.05) is 30.6 Å². The summed E-state index contributed by atoms with van der Waals surface area (Å²) in [5.41, 5.74) is 4.63. The lowest BCUT2D eigenvalue weighted by Gasteiger charge is -2.22. The number of ether oxygens (including phenoxy) is 1. The van der Waals surface area contributed by atoms with Crippen LogP contribution in [0.15, 0.2) is 78.2 Å². The monoisotopic (exact) mass is 372 g/mol. The smallest absolute Gasteiger partial charge is 0.165 e. The van der Waals surface area contributed by atoms with Crippen molar-refractivity contribution in [3.05, 3.63) is 89.7 Å². The van der Waals surface area contributed by atoms with Crippen molar-refractivity contribution >= 4 is 11.5 Å². The first-order valence-electron chi connectivity index (χ1n) is 9.44. The quantitative estimate of drug-likeness (QED) is 0.654. The zero-order valence-electron chi connectivity index (χ0n) is 16.2. The van der Waals surface area contributed by atoms with E-state index in [0.29, 0.717) is 6.67 Å². The average molecular weight is 372 g/mol. The Hall–Kier alpha value is -3.34. The number of hydrogen-bond acceptors (Lipinski definition) is 5. The summed E-state index contributed by atoms with van der Waals surface area (Å²) in [6.07, 6.45) is 4.59. The number of amidine groups is 1. The highest BCUT2D eigenvalue weighted by molar-refractivity contribution is 6.12. The highest BCUT2D eigenvalue weighted by Gasteiger charge is 2.27. The topological polar surface area (TPSA) is 41.0 Å². The number of benzene rings is 2. The molecule has 0 unspecified atom stereocenters. The molecule has 5 heteroatoms. The molecular weight excluding hydrogens is 348 g/mol. The number of pyridine rings is 1. The van der Waals surface area contributed by atoms with Crippen LogP contribution in [0.1, 0.15) is 16.7 Å². The van der Waals surface area contributed by atoms with Gasteiger partial charge in [-0.15, -0.1) is 0 Å². The Kier molecular flexibility index (Phi) is 5.24. The van der Waals surface area contributed by atoms with Gasteiger partial charge < -0.3 is 9.64 Å². The average Bonchev–Trinajstić information content (AvgIpc) is 3.17. The Morgan fingerprint density at radius 3 is 2.46 bits per heavy atom. The molecule has 2 heterocycles. The number of nitrogens with zero attached hydrogens (tertiary/aromatic N) is 4. The van der Waals surface area contributed by atoms with E-state index in [2.05, 4.69) is 64.3 Å². The van der Waals surface area contributed by atoms with Crippen LogP contribution in [0.25, 0.3) is 0 Å².